The van der Waals surface area contributed by atoms with Crippen molar-refractivity contribution in [2.75, 3.05) is 5.32 Å². The Morgan fingerprint density at radius 2 is 1.71 bits per heavy atom. The maximum atomic E-state index is 12.7. The quantitative estimate of drug-likeness (QED) is 0.427. The van der Waals surface area contributed by atoms with Crippen molar-refractivity contribution in [3.05, 3.63) is 83.4 Å². The Hall–Kier alpha value is -2.98. The highest BCUT2D eigenvalue weighted by Crippen LogP contribution is 2.34. The molecule has 0 fully saturated rings. The highest BCUT2D eigenvalue weighted by molar-refractivity contribution is 7.21. The number of thiazole rings is 1. The van der Waals surface area contributed by atoms with Crippen molar-refractivity contribution in [2.45, 2.75) is 26.7 Å². The smallest absolute Gasteiger partial charge is 0.255 e. The van der Waals surface area contributed by atoms with E-state index in [1.54, 1.807) is 11.3 Å². The minimum absolute atomic E-state index is 0.0974. The molecular formula is C24H22N2OS. The molecule has 0 saturated carbocycles. The van der Waals surface area contributed by atoms with Crippen LogP contribution >= 0.6 is 11.3 Å². The molecule has 1 amide bonds. The first-order valence-electron chi connectivity index (χ1n) is 9.40. The molecule has 140 valence electrons. The van der Waals surface area contributed by atoms with E-state index in [0.717, 1.165) is 32.0 Å². The summed E-state index contributed by atoms with van der Waals surface area (Å²) in [5, 5.41) is 4.03. The zero-order valence-electron chi connectivity index (χ0n) is 16.2. The molecule has 0 aliphatic heterocycles. The summed E-state index contributed by atoms with van der Waals surface area (Å²) >= 11 is 1.67. The Balaban J connectivity index is 1.62. The van der Waals surface area contributed by atoms with E-state index in [9.17, 15) is 4.79 Å². The first-order valence-corrected chi connectivity index (χ1v) is 10.2. The van der Waals surface area contributed by atoms with Crippen LogP contribution in [-0.4, -0.2) is 10.9 Å². The van der Waals surface area contributed by atoms with E-state index in [0.29, 0.717) is 11.5 Å². The molecule has 0 bridgehead atoms. The van der Waals surface area contributed by atoms with Gasteiger partial charge in [-0.3, -0.25) is 4.79 Å². The summed E-state index contributed by atoms with van der Waals surface area (Å²) in [6.45, 7) is 6.32. The number of benzene rings is 3. The number of para-hydroxylation sites is 1. The van der Waals surface area contributed by atoms with Gasteiger partial charge in [0.25, 0.3) is 5.91 Å². The lowest BCUT2D eigenvalue weighted by molar-refractivity contribution is 0.102. The Morgan fingerprint density at radius 3 is 2.43 bits per heavy atom. The molecule has 0 aliphatic rings. The maximum absolute atomic E-state index is 12.7. The van der Waals surface area contributed by atoms with E-state index in [1.165, 1.54) is 5.56 Å². The predicted molar refractivity (Wildman–Crippen MR) is 118 cm³/mol. The molecule has 1 heterocycles. The number of anilines is 1. The summed E-state index contributed by atoms with van der Waals surface area (Å²) in [4.78, 5) is 17.5. The van der Waals surface area contributed by atoms with E-state index < -0.39 is 0 Å². The van der Waals surface area contributed by atoms with Gasteiger partial charge in [-0.2, -0.15) is 0 Å². The van der Waals surface area contributed by atoms with Gasteiger partial charge in [-0.25, -0.2) is 4.98 Å². The zero-order chi connectivity index (χ0) is 19.7. The molecular weight excluding hydrogens is 364 g/mol. The number of rotatable bonds is 4. The van der Waals surface area contributed by atoms with Crippen molar-refractivity contribution in [2.24, 2.45) is 0 Å². The molecule has 0 atom stereocenters. The fraction of sp³-hybridized carbons (Fsp3) is 0.167. The third-order valence-corrected chi connectivity index (χ3v) is 6.02. The molecule has 0 radical (unpaired) electrons. The lowest BCUT2D eigenvalue weighted by Crippen LogP contribution is -2.13. The zero-order valence-corrected chi connectivity index (χ0v) is 17.0. The second-order valence-corrected chi connectivity index (χ2v) is 8.23. The van der Waals surface area contributed by atoms with E-state index in [1.807, 2.05) is 61.5 Å². The van der Waals surface area contributed by atoms with Gasteiger partial charge >= 0.3 is 0 Å². The largest absolute Gasteiger partial charge is 0.322 e. The summed E-state index contributed by atoms with van der Waals surface area (Å²) in [5.74, 6) is 0.352. The Labute approximate surface area is 169 Å². The highest BCUT2D eigenvalue weighted by atomic mass is 32.1. The lowest BCUT2D eigenvalue weighted by atomic mass is 10.0. The van der Waals surface area contributed by atoms with Gasteiger partial charge in [-0.05, 0) is 54.3 Å². The second-order valence-electron chi connectivity index (χ2n) is 7.20. The van der Waals surface area contributed by atoms with Gasteiger partial charge in [-0.1, -0.05) is 50.2 Å². The van der Waals surface area contributed by atoms with Crippen LogP contribution in [0, 0.1) is 6.92 Å². The Morgan fingerprint density at radius 1 is 0.964 bits per heavy atom. The molecule has 1 N–H and O–H groups in total. The Kier molecular flexibility index (Phi) is 4.97. The van der Waals surface area contributed by atoms with Gasteiger partial charge in [-0.15, -0.1) is 11.3 Å². The summed E-state index contributed by atoms with van der Waals surface area (Å²) in [6, 6.07) is 21.9. The van der Waals surface area contributed by atoms with Crippen LogP contribution in [0.4, 0.5) is 5.69 Å². The number of hydrogen-bond acceptors (Lipinski definition) is 3. The topological polar surface area (TPSA) is 42.0 Å². The van der Waals surface area contributed by atoms with Crippen LogP contribution in [0.3, 0.4) is 0 Å². The monoisotopic (exact) mass is 386 g/mol. The minimum Gasteiger partial charge on any atom is -0.322 e. The standard InChI is InChI=1S/C24H22N2OS/c1-15(2)17-11-13-18(14-12-17)23(27)25-20-9-6-7-19(16(20)3)24-26-21-8-4-5-10-22(21)28-24/h4-15H,1-3H3,(H,25,27). The number of amides is 1. The summed E-state index contributed by atoms with van der Waals surface area (Å²) in [7, 11) is 0. The van der Waals surface area contributed by atoms with E-state index in [4.69, 9.17) is 4.98 Å². The van der Waals surface area contributed by atoms with Crippen LogP contribution < -0.4 is 5.32 Å². The van der Waals surface area contributed by atoms with E-state index in [-0.39, 0.29) is 5.91 Å². The number of carbonyl (C=O) groups excluding carboxylic acids is 1. The molecule has 4 heteroatoms. The van der Waals surface area contributed by atoms with Crippen molar-refractivity contribution < 1.29 is 4.79 Å². The maximum Gasteiger partial charge on any atom is 0.255 e. The number of nitrogens with one attached hydrogen (secondary N) is 1. The van der Waals surface area contributed by atoms with Crippen molar-refractivity contribution in [3.63, 3.8) is 0 Å². The van der Waals surface area contributed by atoms with Crippen molar-refractivity contribution in [1.82, 2.24) is 4.98 Å². The SMILES string of the molecule is Cc1c(NC(=O)c2ccc(C(C)C)cc2)cccc1-c1nc2ccccc2s1. The van der Waals surface area contributed by atoms with E-state index >= 15 is 0 Å². The predicted octanol–water partition coefficient (Wildman–Crippen LogP) is 6.65. The molecule has 3 aromatic carbocycles. The highest BCUT2D eigenvalue weighted by Gasteiger charge is 2.13. The molecule has 4 rings (SSSR count). The van der Waals surface area contributed by atoms with Gasteiger partial charge in [0.05, 0.1) is 10.2 Å². The number of carbonyl (C=O) groups is 1. The van der Waals surface area contributed by atoms with Crippen LogP contribution in [0.5, 0.6) is 0 Å². The molecule has 0 spiro atoms. The van der Waals surface area contributed by atoms with Crippen LogP contribution in [-0.2, 0) is 0 Å². The molecule has 0 aliphatic carbocycles. The third-order valence-electron chi connectivity index (χ3n) is 4.95. The van der Waals surface area contributed by atoms with Gasteiger partial charge in [0.1, 0.15) is 5.01 Å². The average molecular weight is 387 g/mol. The average Bonchev–Trinajstić information content (AvgIpc) is 3.13. The van der Waals surface area contributed by atoms with Crippen LogP contribution in [0.15, 0.2) is 66.7 Å². The first-order chi connectivity index (χ1) is 13.5. The van der Waals surface area contributed by atoms with Gasteiger partial charge in [0, 0.05) is 16.8 Å². The van der Waals surface area contributed by atoms with Crippen LogP contribution in [0.1, 0.15) is 41.3 Å². The summed E-state index contributed by atoms with van der Waals surface area (Å²) < 4.78 is 1.16. The first kappa shape index (κ1) is 18.4. The fourth-order valence-electron chi connectivity index (χ4n) is 3.20. The minimum atomic E-state index is -0.0974. The molecule has 28 heavy (non-hydrogen) atoms. The van der Waals surface area contributed by atoms with Gasteiger partial charge in [0.2, 0.25) is 0 Å². The number of fused-ring (bicyclic) bond motifs is 1. The lowest BCUT2D eigenvalue weighted by Gasteiger charge is -2.12. The molecule has 0 unspecified atom stereocenters. The summed E-state index contributed by atoms with van der Waals surface area (Å²) in [6.07, 6.45) is 0. The van der Waals surface area contributed by atoms with Crippen LogP contribution in [0.2, 0.25) is 0 Å². The summed E-state index contributed by atoms with van der Waals surface area (Å²) in [5.41, 5.74) is 5.78. The van der Waals surface area contributed by atoms with Crippen LogP contribution in [0.25, 0.3) is 20.8 Å². The van der Waals surface area contributed by atoms with Gasteiger partial charge < -0.3 is 5.32 Å². The Bertz CT molecular complexity index is 1110. The normalized spacial score (nSPS) is 11.1. The van der Waals surface area contributed by atoms with Crippen molar-refractivity contribution >= 4 is 33.1 Å². The number of nitrogens with zero attached hydrogens (tertiary/aromatic N) is 1. The van der Waals surface area contributed by atoms with Gasteiger partial charge in [0.15, 0.2) is 0 Å². The molecule has 1 aromatic heterocycles. The third kappa shape index (κ3) is 3.56. The number of aromatic nitrogens is 1. The fourth-order valence-corrected chi connectivity index (χ4v) is 4.25. The van der Waals surface area contributed by atoms with Crippen molar-refractivity contribution in [3.8, 4) is 10.6 Å². The molecule has 0 saturated heterocycles. The van der Waals surface area contributed by atoms with E-state index in [2.05, 4.69) is 31.3 Å². The molecule has 3 nitrogen and oxygen atoms in total. The van der Waals surface area contributed by atoms with Crippen molar-refractivity contribution in [1.29, 1.82) is 0 Å². The number of hydrogen-bond donors (Lipinski definition) is 1. The second kappa shape index (κ2) is 7.56. The molecule has 4 aromatic rings.